The van der Waals surface area contributed by atoms with Gasteiger partial charge in [-0.3, -0.25) is 4.79 Å². The molecule has 0 saturated carbocycles. The number of benzene rings is 2. The number of rotatable bonds is 9. The highest BCUT2D eigenvalue weighted by molar-refractivity contribution is 6.07. The molecule has 33 heavy (non-hydrogen) atoms. The molecule has 2 aromatic carbocycles. The highest BCUT2D eigenvalue weighted by Crippen LogP contribution is 2.38. The van der Waals surface area contributed by atoms with Gasteiger partial charge in [-0.15, -0.1) is 0 Å². The van der Waals surface area contributed by atoms with Gasteiger partial charge in [0.15, 0.2) is 0 Å². The molecule has 9 heteroatoms. The first kappa shape index (κ1) is 24.1. The molecule has 9 nitrogen and oxygen atoms in total. The number of carbonyl (C=O) groups excluding carboxylic acids is 2. The lowest BCUT2D eigenvalue weighted by atomic mass is 9.96. The molecule has 2 aromatic rings. The van der Waals surface area contributed by atoms with E-state index >= 15 is 0 Å². The number of hydrogen-bond acceptors (Lipinski definition) is 7. The Kier molecular flexibility index (Phi) is 7.55. The lowest BCUT2D eigenvalue weighted by Crippen LogP contribution is -2.57. The topological polar surface area (TPSA) is 120 Å². The SMILES string of the molecule is COC(=O)C1(C(=O)N[C@@H](Cc2ccc(-c3c(OC)cccc3OC)cc2)C(=O)O)CCCO1. The summed E-state index contributed by atoms with van der Waals surface area (Å²) in [5.74, 6) is -1.59. The number of hydrogen-bond donors (Lipinski definition) is 2. The van der Waals surface area contributed by atoms with Crippen molar-refractivity contribution in [2.45, 2.75) is 30.9 Å². The first-order valence-corrected chi connectivity index (χ1v) is 10.4. The van der Waals surface area contributed by atoms with Crippen molar-refractivity contribution < 1.29 is 38.4 Å². The lowest BCUT2D eigenvalue weighted by Gasteiger charge is -2.26. The van der Waals surface area contributed by atoms with Crippen LogP contribution < -0.4 is 14.8 Å². The minimum Gasteiger partial charge on any atom is -0.496 e. The quantitative estimate of drug-likeness (QED) is 0.434. The zero-order valence-electron chi connectivity index (χ0n) is 18.8. The third-order valence-corrected chi connectivity index (χ3v) is 5.62. The van der Waals surface area contributed by atoms with Crippen molar-refractivity contribution >= 4 is 17.8 Å². The molecule has 0 bridgehead atoms. The fraction of sp³-hybridized carbons (Fsp3) is 0.375. The Morgan fingerprint density at radius 1 is 1.06 bits per heavy atom. The van der Waals surface area contributed by atoms with Gasteiger partial charge in [0, 0.05) is 13.0 Å². The van der Waals surface area contributed by atoms with E-state index in [0.29, 0.717) is 23.5 Å². The van der Waals surface area contributed by atoms with Crippen LogP contribution in [0.3, 0.4) is 0 Å². The summed E-state index contributed by atoms with van der Waals surface area (Å²) < 4.78 is 21.0. The number of nitrogens with one attached hydrogen (secondary N) is 1. The average molecular weight is 457 g/mol. The van der Waals surface area contributed by atoms with Crippen LogP contribution in [0.4, 0.5) is 0 Å². The van der Waals surface area contributed by atoms with E-state index in [-0.39, 0.29) is 19.4 Å². The fourth-order valence-corrected chi connectivity index (χ4v) is 3.89. The Bertz CT molecular complexity index is 989. The Labute approximate surface area is 191 Å². The normalized spacial score (nSPS) is 18.3. The van der Waals surface area contributed by atoms with E-state index in [4.69, 9.17) is 18.9 Å². The standard InChI is InChI=1S/C24H27NO8/c1-30-18-6-4-7-19(31-2)20(18)16-10-8-15(9-11-16)14-17(21(26)27)25-22(28)24(23(29)32-3)12-5-13-33-24/h4,6-11,17H,5,12-14H2,1-3H3,(H,25,28)(H,26,27)/t17-,24?/m0/s1. The molecule has 1 unspecified atom stereocenters. The van der Waals surface area contributed by atoms with Gasteiger partial charge in [0.2, 0.25) is 5.60 Å². The molecule has 0 radical (unpaired) electrons. The Hall–Kier alpha value is -3.59. The smallest absolute Gasteiger partial charge is 0.348 e. The van der Waals surface area contributed by atoms with Gasteiger partial charge in [-0.05, 0) is 36.1 Å². The van der Waals surface area contributed by atoms with E-state index in [1.54, 1.807) is 26.4 Å². The van der Waals surface area contributed by atoms with Crippen molar-refractivity contribution in [1.82, 2.24) is 5.32 Å². The van der Waals surface area contributed by atoms with E-state index in [1.165, 1.54) is 0 Å². The largest absolute Gasteiger partial charge is 0.496 e. The molecule has 1 aliphatic heterocycles. The van der Waals surface area contributed by atoms with Crippen molar-refractivity contribution in [3.05, 3.63) is 48.0 Å². The molecular formula is C24H27NO8. The van der Waals surface area contributed by atoms with Crippen molar-refractivity contribution in [1.29, 1.82) is 0 Å². The number of aliphatic carboxylic acids is 1. The molecule has 0 aromatic heterocycles. The van der Waals surface area contributed by atoms with Crippen LogP contribution in [0.1, 0.15) is 18.4 Å². The van der Waals surface area contributed by atoms with Crippen LogP contribution in [0.5, 0.6) is 11.5 Å². The van der Waals surface area contributed by atoms with E-state index in [2.05, 4.69) is 5.32 Å². The van der Waals surface area contributed by atoms with Crippen LogP contribution in [0.15, 0.2) is 42.5 Å². The molecule has 176 valence electrons. The van der Waals surface area contributed by atoms with E-state index in [1.807, 2.05) is 30.3 Å². The molecule has 2 atom stereocenters. The van der Waals surface area contributed by atoms with Crippen molar-refractivity contribution in [3.8, 4) is 22.6 Å². The molecule has 1 saturated heterocycles. The molecule has 2 N–H and O–H groups in total. The zero-order chi connectivity index (χ0) is 24.0. The summed E-state index contributed by atoms with van der Waals surface area (Å²) in [5, 5.41) is 12.1. The summed E-state index contributed by atoms with van der Waals surface area (Å²) in [6.07, 6.45) is 0.642. The Balaban J connectivity index is 1.80. The van der Waals surface area contributed by atoms with E-state index in [0.717, 1.165) is 18.2 Å². The molecule has 1 heterocycles. The second kappa shape index (κ2) is 10.4. The number of carboxylic acids is 1. The fourth-order valence-electron chi connectivity index (χ4n) is 3.89. The van der Waals surface area contributed by atoms with E-state index in [9.17, 15) is 19.5 Å². The molecule has 1 aliphatic rings. The number of ether oxygens (including phenoxy) is 4. The predicted molar refractivity (Wildman–Crippen MR) is 118 cm³/mol. The zero-order valence-corrected chi connectivity index (χ0v) is 18.8. The third-order valence-electron chi connectivity index (χ3n) is 5.62. The van der Waals surface area contributed by atoms with Gasteiger partial charge in [0.25, 0.3) is 5.91 Å². The second-order valence-electron chi connectivity index (χ2n) is 7.57. The van der Waals surface area contributed by atoms with Crippen LogP contribution in [0.25, 0.3) is 11.1 Å². The average Bonchev–Trinajstić information content (AvgIpc) is 3.34. The first-order chi connectivity index (χ1) is 15.9. The number of carbonyl (C=O) groups is 3. The maximum atomic E-state index is 12.8. The van der Waals surface area contributed by atoms with E-state index < -0.39 is 29.5 Å². The summed E-state index contributed by atoms with van der Waals surface area (Å²) in [4.78, 5) is 36.9. The summed E-state index contributed by atoms with van der Waals surface area (Å²) in [6, 6.07) is 11.4. The van der Waals surface area contributed by atoms with Crippen molar-refractivity contribution in [3.63, 3.8) is 0 Å². The van der Waals surface area contributed by atoms with Gasteiger partial charge in [-0.2, -0.15) is 0 Å². The van der Waals surface area contributed by atoms with Gasteiger partial charge < -0.3 is 29.4 Å². The number of esters is 1. The minimum absolute atomic E-state index is 0.0155. The van der Waals surface area contributed by atoms with Crippen molar-refractivity contribution in [2.24, 2.45) is 0 Å². The molecule has 0 aliphatic carbocycles. The summed E-state index contributed by atoms with van der Waals surface area (Å²) in [5.41, 5.74) is 0.468. The molecule has 1 amide bonds. The highest BCUT2D eigenvalue weighted by atomic mass is 16.6. The van der Waals surface area contributed by atoms with Crippen LogP contribution in [0, 0.1) is 0 Å². The molecular weight excluding hydrogens is 430 g/mol. The van der Waals surface area contributed by atoms with Gasteiger partial charge in [-0.25, -0.2) is 9.59 Å². The highest BCUT2D eigenvalue weighted by Gasteiger charge is 2.51. The van der Waals surface area contributed by atoms with Crippen LogP contribution in [-0.4, -0.2) is 62.5 Å². The lowest BCUT2D eigenvalue weighted by molar-refractivity contribution is -0.171. The summed E-state index contributed by atoms with van der Waals surface area (Å²) in [6.45, 7) is 0.216. The monoisotopic (exact) mass is 457 g/mol. The summed E-state index contributed by atoms with van der Waals surface area (Å²) >= 11 is 0. The first-order valence-electron chi connectivity index (χ1n) is 10.4. The van der Waals surface area contributed by atoms with Crippen LogP contribution in [-0.2, 0) is 30.3 Å². The molecule has 3 rings (SSSR count). The van der Waals surface area contributed by atoms with Gasteiger partial charge in [0.1, 0.15) is 17.5 Å². The number of carboxylic acid groups (broad SMARTS) is 1. The van der Waals surface area contributed by atoms with Gasteiger partial charge >= 0.3 is 11.9 Å². The minimum atomic E-state index is -1.81. The second-order valence-corrected chi connectivity index (χ2v) is 7.57. The molecule has 1 fully saturated rings. The van der Waals surface area contributed by atoms with Gasteiger partial charge in [-0.1, -0.05) is 30.3 Å². The number of amides is 1. The number of methoxy groups -OCH3 is 3. The van der Waals surface area contributed by atoms with Crippen molar-refractivity contribution in [2.75, 3.05) is 27.9 Å². The van der Waals surface area contributed by atoms with Crippen LogP contribution >= 0.6 is 0 Å². The summed E-state index contributed by atoms with van der Waals surface area (Å²) in [7, 11) is 4.30. The van der Waals surface area contributed by atoms with Gasteiger partial charge in [0.05, 0.1) is 26.9 Å². The predicted octanol–water partition coefficient (Wildman–Crippen LogP) is 2.20. The Morgan fingerprint density at radius 3 is 2.18 bits per heavy atom. The maximum absolute atomic E-state index is 12.8. The molecule has 0 spiro atoms. The maximum Gasteiger partial charge on any atom is 0.348 e. The Morgan fingerprint density at radius 2 is 1.70 bits per heavy atom. The third kappa shape index (κ3) is 4.93. The van der Waals surface area contributed by atoms with Crippen LogP contribution in [0.2, 0.25) is 0 Å².